The van der Waals surface area contributed by atoms with Crippen LogP contribution >= 0.6 is 0 Å². The molecule has 0 unspecified atom stereocenters. The third kappa shape index (κ3) is 3.76. The van der Waals surface area contributed by atoms with E-state index in [4.69, 9.17) is 4.52 Å². The number of aliphatic imine (C=N–C) groups is 2. The van der Waals surface area contributed by atoms with Crippen molar-refractivity contribution in [3.63, 3.8) is 0 Å². The van der Waals surface area contributed by atoms with Gasteiger partial charge in [-0.2, -0.15) is 10.1 Å². The summed E-state index contributed by atoms with van der Waals surface area (Å²) in [6.07, 6.45) is 0.737. The predicted octanol–water partition coefficient (Wildman–Crippen LogP) is 2.13. The second kappa shape index (κ2) is 7.10. The highest BCUT2D eigenvalue weighted by Gasteiger charge is 2.22. The largest absolute Gasteiger partial charge is 0.360 e. The first kappa shape index (κ1) is 18.4. The quantitative estimate of drug-likeness (QED) is 0.830. The van der Waals surface area contributed by atoms with Crippen molar-refractivity contribution in [3.8, 4) is 0 Å². The highest BCUT2D eigenvalue weighted by molar-refractivity contribution is 6.27. The fraction of sp³-hybridized carbons (Fsp3) is 0.333. The van der Waals surface area contributed by atoms with E-state index in [1.165, 1.54) is 4.68 Å². The molecule has 2 amide bonds. The third-order valence-electron chi connectivity index (χ3n) is 4.29. The van der Waals surface area contributed by atoms with Crippen molar-refractivity contribution in [2.75, 3.05) is 5.32 Å². The smallest absolute Gasteiger partial charge is 0.281 e. The first-order chi connectivity index (χ1) is 12.8. The summed E-state index contributed by atoms with van der Waals surface area (Å²) in [6, 6.07) is 1.65. The van der Waals surface area contributed by atoms with E-state index in [1.54, 1.807) is 19.9 Å². The zero-order valence-corrected chi connectivity index (χ0v) is 15.7. The van der Waals surface area contributed by atoms with E-state index < -0.39 is 5.91 Å². The zero-order chi connectivity index (χ0) is 19.7. The van der Waals surface area contributed by atoms with Crippen LogP contribution in [-0.4, -0.2) is 38.4 Å². The number of amides is 2. The molecule has 0 aromatic carbocycles. The molecule has 0 aliphatic carbocycles. The highest BCUT2D eigenvalue weighted by atomic mass is 16.5. The molecule has 0 bridgehead atoms. The predicted molar refractivity (Wildman–Crippen MR) is 100.0 cm³/mol. The molecule has 0 saturated carbocycles. The van der Waals surface area contributed by atoms with Crippen LogP contribution < -0.4 is 5.32 Å². The maximum atomic E-state index is 12.1. The molecule has 0 spiro atoms. The molecular formula is C18H20N6O3. The number of hydrogen-bond acceptors (Lipinski definition) is 6. The summed E-state index contributed by atoms with van der Waals surface area (Å²) in [5.74, 6) is 0.625. The van der Waals surface area contributed by atoms with Crippen LogP contribution in [0, 0.1) is 20.8 Å². The molecule has 140 valence electrons. The van der Waals surface area contributed by atoms with E-state index in [1.807, 2.05) is 13.8 Å². The van der Waals surface area contributed by atoms with E-state index in [9.17, 15) is 9.59 Å². The first-order valence-electron chi connectivity index (χ1n) is 8.42. The standard InChI is InChI=1S/C18H20N6O3/c1-9-8-15(23-27-9)20-16(25)7-6-14-12(4)22-24(13(14)5)18-19-11(3)10(2)17(26)21-18/h8H,2,6-7H2,1,3-5H3,(H,20,23,25). The van der Waals surface area contributed by atoms with Crippen LogP contribution in [0.1, 0.15) is 36.1 Å². The van der Waals surface area contributed by atoms with Gasteiger partial charge in [0.15, 0.2) is 5.82 Å². The van der Waals surface area contributed by atoms with E-state index in [-0.39, 0.29) is 23.9 Å². The van der Waals surface area contributed by atoms with Crippen LogP contribution in [0.4, 0.5) is 5.82 Å². The Balaban J connectivity index is 1.74. The lowest BCUT2D eigenvalue weighted by atomic mass is 10.1. The summed E-state index contributed by atoms with van der Waals surface area (Å²) in [5, 5.41) is 10.9. The molecule has 3 heterocycles. The number of carbonyl (C=O) groups is 2. The van der Waals surface area contributed by atoms with Crippen LogP contribution in [0.15, 0.2) is 32.7 Å². The Kier molecular flexibility index (Phi) is 4.85. The summed E-state index contributed by atoms with van der Waals surface area (Å²) in [6.45, 7) is 10.8. The molecule has 27 heavy (non-hydrogen) atoms. The number of nitrogens with zero attached hydrogens (tertiary/aromatic N) is 5. The van der Waals surface area contributed by atoms with Gasteiger partial charge in [0.25, 0.3) is 11.9 Å². The molecule has 0 saturated heterocycles. The van der Waals surface area contributed by atoms with Gasteiger partial charge >= 0.3 is 0 Å². The fourth-order valence-corrected chi connectivity index (χ4v) is 2.75. The Hall–Kier alpha value is -3.36. The van der Waals surface area contributed by atoms with Gasteiger partial charge in [0.05, 0.1) is 17.0 Å². The number of nitrogens with one attached hydrogen (secondary N) is 1. The van der Waals surface area contributed by atoms with Crippen molar-refractivity contribution < 1.29 is 14.1 Å². The number of rotatable bonds is 4. The normalized spacial score (nSPS) is 14.2. The Bertz CT molecular complexity index is 1010. The SMILES string of the molecule is C=C1C(=O)N=C(n2nc(C)c(CCC(=O)Nc3cc(C)on3)c2C)N=C1C. The van der Waals surface area contributed by atoms with Crippen molar-refractivity contribution >= 4 is 29.3 Å². The lowest BCUT2D eigenvalue weighted by Gasteiger charge is -2.11. The second-order valence-corrected chi connectivity index (χ2v) is 6.32. The number of aryl methyl sites for hydroxylation is 2. The van der Waals surface area contributed by atoms with Crippen molar-refractivity contribution in [2.45, 2.75) is 40.5 Å². The maximum absolute atomic E-state index is 12.1. The molecular weight excluding hydrogens is 348 g/mol. The molecule has 1 N–H and O–H groups in total. The van der Waals surface area contributed by atoms with E-state index >= 15 is 0 Å². The first-order valence-corrected chi connectivity index (χ1v) is 8.42. The zero-order valence-electron chi connectivity index (χ0n) is 15.7. The number of hydrogen-bond donors (Lipinski definition) is 1. The average molecular weight is 368 g/mol. The van der Waals surface area contributed by atoms with Crippen LogP contribution in [0.3, 0.4) is 0 Å². The van der Waals surface area contributed by atoms with Gasteiger partial charge in [-0.25, -0.2) is 9.67 Å². The lowest BCUT2D eigenvalue weighted by molar-refractivity contribution is -0.116. The van der Waals surface area contributed by atoms with Gasteiger partial charge in [-0.1, -0.05) is 11.7 Å². The molecule has 9 heteroatoms. The van der Waals surface area contributed by atoms with Gasteiger partial charge in [-0.3, -0.25) is 9.59 Å². The van der Waals surface area contributed by atoms with Crippen LogP contribution in [0.5, 0.6) is 0 Å². The van der Waals surface area contributed by atoms with Crippen molar-refractivity contribution in [2.24, 2.45) is 9.98 Å². The van der Waals surface area contributed by atoms with E-state index in [0.29, 0.717) is 23.7 Å². The number of anilines is 1. The molecule has 9 nitrogen and oxygen atoms in total. The second-order valence-electron chi connectivity index (χ2n) is 6.32. The Labute approximate surface area is 155 Å². The Morgan fingerprint density at radius 2 is 2.00 bits per heavy atom. The minimum absolute atomic E-state index is 0.176. The summed E-state index contributed by atoms with van der Waals surface area (Å²) in [4.78, 5) is 32.3. The summed E-state index contributed by atoms with van der Waals surface area (Å²) < 4.78 is 6.45. The van der Waals surface area contributed by atoms with E-state index in [0.717, 1.165) is 17.0 Å². The minimum atomic E-state index is -0.422. The Morgan fingerprint density at radius 1 is 1.26 bits per heavy atom. The Morgan fingerprint density at radius 3 is 2.63 bits per heavy atom. The summed E-state index contributed by atoms with van der Waals surface area (Å²) in [7, 11) is 0. The molecule has 2 aromatic rings. The average Bonchev–Trinajstić information content (AvgIpc) is 3.13. The molecule has 0 atom stereocenters. The van der Waals surface area contributed by atoms with E-state index in [2.05, 4.69) is 32.1 Å². The lowest BCUT2D eigenvalue weighted by Crippen LogP contribution is -2.23. The maximum Gasteiger partial charge on any atom is 0.281 e. The summed E-state index contributed by atoms with van der Waals surface area (Å²) >= 11 is 0. The highest BCUT2D eigenvalue weighted by Crippen LogP contribution is 2.18. The molecule has 2 aromatic heterocycles. The van der Waals surface area contributed by atoms with Gasteiger partial charge in [0.1, 0.15) is 5.76 Å². The molecule has 0 radical (unpaired) electrons. The van der Waals surface area contributed by atoms with Crippen LogP contribution in [0.25, 0.3) is 0 Å². The summed E-state index contributed by atoms with van der Waals surface area (Å²) in [5.41, 5.74) is 3.24. The van der Waals surface area contributed by atoms with Gasteiger partial charge < -0.3 is 9.84 Å². The molecule has 0 fully saturated rings. The number of carbonyl (C=O) groups excluding carboxylic acids is 2. The van der Waals surface area contributed by atoms with Gasteiger partial charge in [-0.15, -0.1) is 0 Å². The molecule has 3 rings (SSSR count). The van der Waals surface area contributed by atoms with Crippen LogP contribution in [0.2, 0.25) is 0 Å². The van der Waals surface area contributed by atoms with Gasteiger partial charge in [0.2, 0.25) is 5.91 Å². The third-order valence-corrected chi connectivity index (χ3v) is 4.29. The van der Waals surface area contributed by atoms with Crippen LogP contribution in [-0.2, 0) is 16.0 Å². The minimum Gasteiger partial charge on any atom is -0.360 e. The fourth-order valence-electron chi connectivity index (χ4n) is 2.75. The van der Waals surface area contributed by atoms with Crippen molar-refractivity contribution in [3.05, 3.63) is 40.9 Å². The van der Waals surface area contributed by atoms with Gasteiger partial charge in [0, 0.05) is 18.2 Å². The van der Waals surface area contributed by atoms with Crippen molar-refractivity contribution in [1.82, 2.24) is 14.9 Å². The van der Waals surface area contributed by atoms with Gasteiger partial charge in [-0.05, 0) is 39.7 Å². The molecule has 1 aliphatic rings. The topological polar surface area (TPSA) is 115 Å². The monoisotopic (exact) mass is 368 g/mol. The number of aromatic nitrogens is 3. The molecule has 1 aliphatic heterocycles. The van der Waals surface area contributed by atoms with Crippen molar-refractivity contribution in [1.29, 1.82) is 0 Å².